The van der Waals surface area contributed by atoms with E-state index < -0.39 is 0 Å². The molecule has 5 nitrogen and oxygen atoms in total. The van der Waals surface area contributed by atoms with Gasteiger partial charge in [0.05, 0.1) is 5.69 Å². The molecule has 32 heavy (non-hydrogen) atoms. The summed E-state index contributed by atoms with van der Waals surface area (Å²) in [7, 11) is 1.75. The summed E-state index contributed by atoms with van der Waals surface area (Å²) in [6.07, 6.45) is 7.74. The molecule has 0 bridgehead atoms. The highest BCUT2D eigenvalue weighted by Crippen LogP contribution is 2.30. The van der Waals surface area contributed by atoms with Crippen LogP contribution in [0.25, 0.3) is 11.3 Å². The monoisotopic (exact) mass is 435 g/mol. The summed E-state index contributed by atoms with van der Waals surface area (Å²) in [5.74, 6) is 2.19. The van der Waals surface area contributed by atoms with E-state index in [0.717, 1.165) is 72.2 Å². The summed E-state index contributed by atoms with van der Waals surface area (Å²) in [6.45, 7) is 14.9. The number of rotatable bonds is 8. The maximum atomic E-state index is 6.21. The number of nitrogens with zero attached hydrogens (tertiary/aromatic N) is 2. The van der Waals surface area contributed by atoms with Crippen molar-refractivity contribution in [2.75, 3.05) is 26.8 Å². The number of aromatic nitrogens is 1. The smallest absolute Gasteiger partial charge is 0.131 e. The highest BCUT2D eigenvalue weighted by Gasteiger charge is 2.15. The van der Waals surface area contributed by atoms with E-state index in [1.54, 1.807) is 19.5 Å². The molecular formula is C27H37N3O2. The van der Waals surface area contributed by atoms with Crippen molar-refractivity contribution in [3.63, 3.8) is 0 Å². The van der Waals surface area contributed by atoms with Crippen molar-refractivity contribution in [2.24, 2.45) is 10.9 Å². The van der Waals surface area contributed by atoms with E-state index in [2.05, 4.69) is 34.9 Å². The molecule has 1 saturated heterocycles. The van der Waals surface area contributed by atoms with E-state index in [9.17, 15) is 0 Å². The summed E-state index contributed by atoms with van der Waals surface area (Å²) in [5, 5.41) is 3.51. The molecule has 3 rings (SSSR count). The highest BCUT2D eigenvalue weighted by atomic mass is 16.5. The number of aliphatic imine (C=N–C) groups is 1. The largest absolute Gasteiger partial charge is 0.457 e. The van der Waals surface area contributed by atoms with Crippen LogP contribution in [0.4, 0.5) is 0 Å². The van der Waals surface area contributed by atoms with Crippen LogP contribution in [0.15, 0.2) is 54.2 Å². The molecule has 5 heteroatoms. The molecule has 2 heterocycles. The number of pyridine rings is 1. The summed E-state index contributed by atoms with van der Waals surface area (Å²) in [4.78, 5) is 8.53. The zero-order valence-corrected chi connectivity index (χ0v) is 20.1. The summed E-state index contributed by atoms with van der Waals surface area (Å²) >= 11 is 0. The van der Waals surface area contributed by atoms with Crippen LogP contribution in [-0.4, -0.2) is 38.0 Å². The Hall–Kier alpha value is -2.92. The minimum absolute atomic E-state index is 0.637. The van der Waals surface area contributed by atoms with Gasteiger partial charge >= 0.3 is 0 Å². The molecule has 0 spiro atoms. The molecule has 1 N–H and O–H groups in total. The first kappa shape index (κ1) is 25.3. The number of ether oxygens (including phenoxy) is 2. The minimum atomic E-state index is 0.637. The van der Waals surface area contributed by atoms with Crippen LogP contribution in [-0.2, 0) is 4.74 Å². The molecular weight excluding hydrogens is 398 g/mol. The predicted molar refractivity (Wildman–Crippen MR) is 135 cm³/mol. The van der Waals surface area contributed by atoms with Crippen molar-refractivity contribution < 1.29 is 9.47 Å². The van der Waals surface area contributed by atoms with Crippen LogP contribution < -0.4 is 10.1 Å². The van der Waals surface area contributed by atoms with E-state index >= 15 is 0 Å². The lowest BCUT2D eigenvalue weighted by molar-refractivity contribution is 0.0674. The van der Waals surface area contributed by atoms with Crippen LogP contribution >= 0.6 is 0 Å². The molecule has 0 amide bonds. The Morgan fingerprint density at radius 3 is 2.72 bits per heavy atom. The van der Waals surface area contributed by atoms with E-state index in [1.165, 1.54) is 0 Å². The number of nitrogens with one attached hydrogen (secondary N) is 1. The molecule has 0 unspecified atom stereocenters. The molecule has 1 aliphatic rings. The van der Waals surface area contributed by atoms with Crippen molar-refractivity contribution in [2.45, 2.75) is 40.5 Å². The molecule has 0 aliphatic carbocycles. The van der Waals surface area contributed by atoms with Gasteiger partial charge in [0.15, 0.2) is 0 Å². The first-order valence-electron chi connectivity index (χ1n) is 11.5. The van der Waals surface area contributed by atoms with Gasteiger partial charge in [0.2, 0.25) is 0 Å². The molecule has 2 aromatic rings. The topological polar surface area (TPSA) is 55.7 Å². The average Bonchev–Trinajstić information content (AvgIpc) is 2.84. The van der Waals surface area contributed by atoms with Crippen molar-refractivity contribution in [3.05, 3.63) is 66.0 Å². The third kappa shape index (κ3) is 7.06. The van der Waals surface area contributed by atoms with Crippen LogP contribution in [0, 0.1) is 12.8 Å². The van der Waals surface area contributed by atoms with Crippen LogP contribution in [0.2, 0.25) is 0 Å². The Labute approximate surface area is 193 Å². The highest BCUT2D eigenvalue weighted by molar-refractivity contribution is 6.08. The third-order valence-electron chi connectivity index (χ3n) is 5.39. The molecule has 0 saturated carbocycles. The van der Waals surface area contributed by atoms with Gasteiger partial charge in [0.25, 0.3) is 0 Å². The molecule has 1 aromatic heterocycles. The van der Waals surface area contributed by atoms with Gasteiger partial charge in [-0.3, -0.25) is 9.98 Å². The van der Waals surface area contributed by atoms with E-state index in [-0.39, 0.29) is 0 Å². The second-order valence-electron chi connectivity index (χ2n) is 7.45. The Kier molecular flexibility index (Phi) is 10.7. The lowest BCUT2D eigenvalue weighted by atomic mass is 9.99. The molecule has 1 aliphatic heterocycles. The van der Waals surface area contributed by atoms with Gasteiger partial charge in [0.1, 0.15) is 11.5 Å². The summed E-state index contributed by atoms with van der Waals surface area (Å²) < 4.78 is 11.7. The first-order chi connectivity index (χ1) is 15.6. The second-order valence-corrected chi connectivity index (χ2v) is 7.45. The van der Waals surface area contributed by atoms with Crippen molar-refractivity contribution in [1.29, 1.82) is 0 Å². The number of hydrogen-bond acceptors (Lipinski definition) is 5. The minimum Gasteiger partial charge on any atom is -0.457 e. The lowest BCUT2D eigenvalue weighted by Crippen LogP contribution is -2.26. The van der Waals surface area contributed by atoms with Gasteiger partial charge in [-0.15, -0.1) is 0 Å². The average molecular weight is 436 g/mol. The van der Waals surface area contributed by atoms with E-state index in [4.69, 9.17) is 9.47 Å². The zero-order chi connectivity index (χ0) is 23.3. The van der Waals surface area contributed by atoms with Gasteiger partial charge in [-0.25, -0.2) is 0 Å². The number of benzene rings is 1. The normalized spacial score (nSPS) is 14.6. The Morgan fingerprint density at radius 1 is 1.28 bits per heavy atom. The quantitative estimate of drug-likeness (QED) is 0.494. The Balaban J connectivity index is 0.00000176. The van der Waals surface area contributed by atoms with Crippen molar-refractivity contribution in [3.8, 4) is 11.5 Å². The summed E-state index contributed by atoms with van der Waals surface area (Å²) in [6, 6.07) is 9.86. The van der Waals surface area contributed by atoms with Crippen LogP contribution in [0.1, 0.15) is 50.4 Å². The summed E-state index contributed by atoms with van der Waals surface area (Å²) in [5.41, 5.74) is 4.84. The Bertz CT molecular complexity index is 928. The fourth-order valence-corrected chi connectivity index (χ4v) is 3.55. The molecule has 1 aromatic carbocycles. The molecule has 1 fully saturated rings. The van der Waals surface area contributed by atoms with E-state index in [0.29, 0.717) is 5.92 Å². The predicted octanol–water partition coefficient (Wildman–Crippen LogP) is 6.30. The van der Waals surface area contributed by atoms with Gasteiger partial charge in [-0.2, -0.15) is 0 Å². The van der Waals surface area contributed by atoms with Crippen LogP contribution in [0.3, 0.4) is 0 Å². The second kappa shape index (κ2) is 13.5. The first-order valence-corrected chi connectivity index (χ1v) is 11.5. The van der Waals surface area contributed by atoms with Gasteiger partial charge in [0, 0.05) is 67.7 Å². The van der Waals surface area contributed by atoms with Gasteiger partial charge in [-0.1, -0.05) is 38.6 Å². The lowest BCUT2D eigenvalue weighted by Gasteiger charge is -2.24. The van der Waals surface area contributed by atoms with Crippen molar-refractivity contribution in [1.82, 2.24) is 10.3 Å². The van der Waals surface area contributed by atoms with Crippen molar-refractivity contribution >= 4 is 17.5 Å². The molecule has 0 radical (unpaired) electrons. The molecule has 0 atom stereocenters. The SMILES string of the molecule is C=C(NCC1CCOCC1)c1cccc(Oc2ccnc(/C(C=NC)=C/C)c2)c1C.CC. The van der Waals surface area contributed by atoms with E-state index in [1.807, 2.05) is 51.1 Å². The number of hydrogen-bond donors (Lipinski definition) is 1. The fourth-order valence-electron chi connectivity index (χ4n) is 3.55. The standard InChI is InChI=1S/C25H31N3O2.C2H6/c1-5-21(17-26-4)24-15-22(9-12-27-24)30-25-8-6-7-23(18(25)2)19(3)28-16-20-10-13-29-14-11-20;1-2/h5-9,12,15,17,20,28H,3,10-11,13-14,16H2,1-2,4H3;1-2H3/b21-5+,26-17?;. The fraction of sp³-hybridized carbons (Fsp3) is 0.407. The zero-order valence-electron chi connectivity index (χ0n) is 20.1. The molecule has 172 valence electrons. The van der Waals surface area contributed by atoms with Gasteiger partial charge in [-0.05, 0) is 44.7 Å². The van der Waals surface area contributed by atoms with Crippen LogP contribution in [0.5, 0.6) is 11.5 Å². The number of allylic oxidation sites excluding steroid dienone is 2. The Morgan fingerprint density at radius 2 is 2.03 bits per heavy atom. The third-order valence-corrected chi connectivity index (χ3v) is 5.39. The maximum absolute atomic E-state index is 6.21. The maximum Gasteiger partial charge on any atom is 0.131 e. The van der Waals surface area contributed by atoms with Gasteiger partial charge < -0.3 is 14.8 Å².